The van der Waals surface area contributed by atoms with Crippen LogP contribution in [0.5, 0.6) is 0 Å². The summed E-state index contributed by atoms with van der Waals surface area (Å²) in [5.74, 6) is -6.19. The van der Waals surface area contributed by atoms with E-state index in [-0.39, 0.29) is 222 Å². The summed E-state index contributed by atoms with van der Waals surface area (Å²) in [4.78, 5) is 129. The lowest BCUT2D eigenvalue weighted by Crippen LogP contribution is -2.45. The number of hydrogen-bond donors (Lipinski definition) is 10. The van der Waals surface area contributed by atoms with Crippen LogP contribution in [0.3, 0.4) is 0 Å². The fourth-order valence-electron chi connectivity index (χ4n) is 7.61. The number of carboxylic acid groups (broad SMARTS) is 3. The van der Waals surface area contributed by atoms with Crippen molar-refractivity contribution in [2.75, 3.05) is 97.1 Å². The molecule has 1 saturated carbocycles. The van der Waals surface area contributed by atoms with Crippen LogP contribution in [0.25, 0.3) is 0 Å². The Morgan fingerprint density at radius 2 is 1.02 bits per heavy atom. The van der Waals surface area contributed by atoms with Crippen molar-refractivity contribution in [1.29, 1.82) is 0 Å². The molecule has 1 rings (SSSR count). The lowest BCUT2D eigenvalue weighted by molar-refractivity contribution is -0.145. The maximum absolute atomic E-state index is 12.9. The van der Waals surface area contributed by atoms with E-state index >= 15 is 0 Å². The number of aliphatic carboxylic acids is 3. The highest BCUT2D eigenvalue weighted by atomic mass is 32.2. The van der Waals surface area contributed by atoms with Crippen molar-refractivity contribution in [3.63, 3.8) is 0 Å². The zero-order valence-corrected chi connectivity index (χ0v) is 48.2. The van der Waals surface area contributed by atoms with E-state index in [1.165, 1.54) is 18.7 Å². The standard InChI is InChI=1S/C50H85N5O18S.C4H9NO.8CH4/c1-36(42(58)29-39(31-56)49(66)67)34-74-35-46(62)51-20-10-11-40(57)32-72-27-25-71-24-22-53-45(61)33-73-28-26-70-23-21-52-44(60)19-18-41(50(68)69)55-48(65)38-16-14-37(15-17-38)30-54-43(59)12-8-6-4-2-3-5-7-9-13-47(63)64;1-3(5)4(2)6;;;;;;;;/h36-39,41,56H,2-35H2,1H3,(H,51,62)(H,52,60)(H,53,61)(H,54,59)(H,55,65)(H,63,64)(H,66,67)(H,68,69);3H,5H2,1-2H3;8*1H4/t36-,37?,38?,39-,41?;3-;;;;;;;;/m00......../s1. The molecule has 1 aliphatic carbocycles. The fraction of sp³-hybridized carbons (Fsp3) is 0.823. The van der Waals surface area contributed by atoms with E-state index in [0.717, 1.165) is 64.2 Å². The zero-order valence-electron chi connectivity index (χ0n) is 47.4. The molecular weight excluding hydrogens is 1160 g/mol. The van der Waals surface area contributed by atoms with Gasteiger partial charge in [-0.1, -0.05) is 105 Å². The minimum Gasteiger partial charge on any atom is -0.481 e. The topological polar surface area (TPSA) is 392 Å². The third kappa shape index (κ3) is 59.8. The highest BCUT2D eigenvalue weighted by Crippen LogP contribution is 2.29. The summed E-state index contributed by atoms with van der Waals surface area (Å²) < 4.78 is 21.4. The molecule has 0 aromatic heterocycles. The normalized spacial score (nSPS) is 14.0. The number of rotatable bonds is 49. The molecule has 1 aliphatic rings. The largest absolute Gasteiger partial charge is 0.481 e. The number of carbonyl (C=O) groups is 11. The summed E-state index contributed by atoms with van der Waals surface area (Å²) in [6.07, 6.45) is 11.2. The zero-order chi connectivity index (χ0) is 59.9. The average molecular weight is 1290 g/mol. The van der Waals surface area contributed by atoms with Crippen LogP contribution >= 0.6 is 11.8 Å². The van der Waals surface area contributed by atoms with Crippen molar-refractivity contribution >= 4 is 76.6 Å². The number of aliphatic hydroxyl groups is 1. The van der Waals surface area contributed by atoms with E-state index in [1.54, 1.807) is 13.8 Å². The van der Waals surface area contributed by atoms with Gasteiger partial charge in [0.15, 0.2) is 5.78 Å². The van der Waals surface area contributed by atoms with Gasteiger partial charge in [0.1, 0.15) is 30.8 Å². The molecule has 11 N–H and O–H groups in total. The number of carboxylic acids is 3. The summed E-state index contributed by atoms with van der Waals surface area (Å²) in [5.41, 5.74) is 5.09. The Kier molecular flexibility index (Phi) is 76.7. The van der Waals surface area contributed by atoms with Gasteiger partial charge in [-0.05, 0) is 71.1 Å². The number of ketones is 3. The van der Waals surface area contributed by atoms with Gasteiger partial charge >= 0.3 is 17.9 Å². The van der Waals surface area contributed by atoms with E-state index in [4.69, 9.17) is 40.0 Å². The molecule has 5 amide bonds. The first-order valence-corrected chi connectivity index (χ1v) is 29.2. The monoisotopic (exact) mass is 1290 g/mol. The van der Waals surface area contributed by atoms with Crippen molar-refractivity contribution < 1.29 is 92.1 Å². The summed E-state index contributed by atoms with van der Waals surface area (Å²) in [7, 11) is 0. The molecule has 0 bridgehead atoms. The van der Waals surface area contributed by atoms with E-state index in [1.807, 2.05) is 0 Å². The first kappa shape index (κ1) is 102. The average Bonchev–Trinajstić information content (AvgIpc) is 3.60. The minimum absolute atomic E-state index is 0. The van der Waals surface area contributed by atoms with Crippen molar-refractivity contribution in [1.82, 2.24) is 26.6 Å². The first-order chi connectivity index (χ1) is 38.2. The Morgan fingerprint density at radius 1 is 0.545 bits per heavy atom. The lowest BCUT2D eigenvalue weighted by Gasteiger charge is -2.28. The van der Waals surface area contributed by atoms with Crippen molar-refractivity contribution in [3.05, 3.63) is 0 Å². The Labute approximate surface area is 534 Å². The maximum Gasteiger partial charge on any atom is 0.326 e. The van der Waals surface area contributed by atoms with Crippen LogP contribution in [0.4, 0.5) is 0 Å². The number of thioether (sulfide) groups is 1. The Hall–Kier alpha value is -5.12. The van der Waals surface area contributed by atoms with Gasteiger partial charge in [-0.2, -0.15) is 11.8 Å². The summed E-state index contributed by atoms with van der Waals surface area (Å²) >= 11 is 1.24. The van der Waals surface area contributed by atoms with Crippen LogP contribution in [-0.4, -0.2) is 194 Å². The van der Waals surface area contributed by atoms with Crippen molar-refractivity contribution in [2.45, 2.75) is 214 Å². The molecule has 0 heterocycles. The minimum atomic E-state index is -1.23. The fourth-order valence-corrected chi connectivity index (χ4v) is 8.55. The number of ether oxygens (including phenoxy) is 4. The van der Waals surface area contributed by atoms with Crippen LogP contribution in [0, 0.1) is 23.7 Å². The van der Waals surface area contributed by atoms with Gasteiger partial charge in [-0.15, -0.1) is 0 Å². The number of Topliss-reactive ketones (excluding diaryl/α,β-unsaturated/α-hetero) is 3. The molecule has 0 spiro atoms. The third-order valence-electron chi connectivity index (χ3n) is 12.8. The van der Waals surface area contributed by atoms with E-state index < -0.39 is 48.3 Å². The summed E-state index contributed by atoms with van der Waals surface area (Å²) in [6.45, 7) is 6.13. The van der Waals surface area contributed by atoms with Crippen LogP contribution in [0.2, 0.25) is 0 Å². The van der Waals surface area contributed by atoms with Gasteiger partial charge in [0, 0.05) is 75.9 Å². The molecule has 0 aliphatic heterocycles. The molecule has 0 aromatic rings. The smallest absolute Gasteiger partial charge is 0.326 e. The molecule has 25 nitrogen and oxygen atoms in total. The molecule has 0 saturated heterocycles. The molecule has 0 aromatic carbocycles. The number of unbranched alkanes of at least 4 members (excludes halogenated alkanes) is 7. The third-order valence-corrected chi connectivity index (χ3v) is 14.0. The van der Waals surface area contributed by atoms with Crippen molar-refractivity contribution in [3.8, 4) is 0 Å². The van der Waals surface area contributed by atoms with Crippen LogP contribution < -0.4 is 32.3 Å². The molecule has 0 radical (unpaired) electrons. The number of nitrogens with two attached hydrogens (primary N) is 1. The van der Waals surface area contributed by atoms with E-state index in [2.05, 4.69) is 26.6 Å². The van der Waals surface area contributed by atoms with Gasteiger partial charge in [0.05, 0.1) is 64.0 Å². The second kappa shape index (κ2) is 66.3. The number of amides is 5. The number of hydrogen-bond acceptors (Lipinski definition) is 18. The van der Waals surface area contributed by atoms with Gasteiger partial charge in [-0.3, -0.25) is 47.9 Å². The molecule has 524 valence electrons. The quantitative estimate of drug-likeness (QED) is 0.0273. The van der Waals surface area contributed by atoms with E-state index in [9.17, 15) is 57.8 Å². The SMILES string of the molecule is C.C.C.C.C.C.C.C.CC(=O)[C@H](C)N.C[C@@H](CSCC(=O)NCCCC(=O)COCCOCCNC(=O)COCCOCCNC(=O)CCC(NC(=O)C1CCC(CNC(=O)CCCCCCCCCCC(=O)O)CC1)C(=O)O)C(=O)C[C@@H](CO)C(=O)O. The van der Waals surface area contributed by atoms with Crippen LogP contribution in [-0.2, 0) is 71.7 Å². The summed E-state index contributed by atoms with van der Waals surface area (Å²) in [6, 6.07) is -1.50. The predicted molar refractivity (Wildman–Crippen MR) is 350 cm³/mol. The second-order valence-electron chi connectivity index (χ2n) is 19.9. The molecular formula is C62H126N6O19S. The first-order valence-electron chi connectivity index (χ1n) is 28.0. The molecule has 26 heteroatoms. The lowest BCUT2D eigenvalue weighted by atomic mass is 9.81. The maximum atomic E-state index is 12.9. The predicted octanol–water partition coefficient (Wildman–Crippen LogP) is 7.04. The molecule has 4 atom stereocenters. The van der Waals surface area contributed by atoms with Crippen LogP contribution in [0.15, 0.2) is 0 Å². The van der Waals surface area contributed by atoms with Gasteiger partial charge in [0.2, 0.25) is 29.5 Å². The molecule has 88 heavy (non-hydrogen) atoms. The van der Waals surface area contributed by atoms with Gasteiger partial charge in [0.25, 0.3) is 0 Å². The van der Waals surface area contributed by atoms with Crippen LogP contribution in [0.1, 0.15) is 202 Å². The van der Waals surface area contributed by atoms with E-state index in [0.29, 0.717) is 44.5 Å². The van der Waals surface area contributed by atoms with Gasteiger partial charge < -0.3 is 71.7 Å². The molecule has 1 fully saturated rings. The summed E-state index contributed by atoms with van der Waals surface area (Å²) in [5, 5.41) is 50.0. The highest BCUT2D eigenvalue weighted by Gasteiger charge is 2.30. The Balaban J connectivity index is -0.000000603. The Morgan fingerprint density at radius 3 is 1.52 bits per heavy atom. The molecule has 1 unspecified atom stereocenters. The second-order valence-corrected chi connectivity index (χ2v) is 20.9. The highest BCUT2D eigenvalue weighted by molar-refractivity contribution is 7.99. The van der Waals surface area contributed by atoms with Crippen molar-refractivity contribution in [2.24, 2.45) is 29.4 Å². The Bertz CT molecular complexity index is 1840. The number of nitrogens with one attached hydrogen (secondary N) is 5. The number of aliphatic hydroxyl groups excluding tert-OH is 1. The number of carbonyl (C=O) groups excluding carboxylic acids is 8. The van der Waals surface area contributed by atoms with Gasteiger partial charge in [-0.25, -0.2) is 4.79 Å².